The molecule has 3 heterocycles. The van der Waals surface area contributed by atoms with Crippen LogP contribution in [0.3, 0.4) is 0 Å². The van der Waals surface area contributed by atoms with Crippen LogP contribution in [0, 0.1) is 20.8 Å². The smallest absolute Gasteiger partial charge is 0.410 e. The molecule has 6 aromatic carbocycles. The van der Waals surface area contributed by atoms with E-state index in [2.05, 4.69) is 57.2 Å². The van der Waals surface area contributed by atoms with Crippen molar-refractivity contribution in [2.24, 2.45) is 0 Å². The summed E-state index contributed by atoms with van der Waals surface area (Å²) < 4.78 is 33.9. The molecule has 12 rings (SSSR count). The summed E-state index contributed by atoms with van der Waals surface area (Å²) in [5.74, 6) is 4.20. The molecule has 0 N–H and O–H groups in total. The van der Waals surface area contributed by atoms with Crippen molar-refractivity contribution in [2.45, 2.75) is 154 Å². The predicted molar refractivity (Wildman–Crippen MR) is 315 cm³/mol. The van der Waals surface area contributed by atoms with Gasteiger partial charge in [0.15, 0.2) is 0 Å². The Labute approximate surface area is 479 Å². The lowest BCUT2D eigenvalue weighted by Gasteiger charge is -2.44. The van der Waals surface area contributed by atoms with Gasteiger partial charge in [-0.1, -0.05) is 127 Å². The molecule has 12 nitrogen and oxygen atoms in total. The van der Waals surface area contributed by atoms with Gasteiger partial charge in [0.25, 0.3) is 0 Å². The van der Waals surface area contributed by atoms with Crippen molar-refractivity contribution in [1.82, 2.24) is 14.7 Å². The highest BCUT2D eigenvalue weighted by Gasteiger charge is 2.43. The third kappa shape index (κ3) is 12.6. The van der Waals surface area contributed by atoms with Crippen LogP contribution in [0.15, 0.2) is 127 Å². The van der Waals surface area contributed by atoms with Gasteiger partial charge in [-0.2, -0.15) is 0 Å². The summed E-state index contributed by atoms with van der Waals surface area (Å²) in [6, 6.07) is 43.4. The SMILES string of the molecule is COc1c(C)ccc2c1CC[C@@H]1[C@@H]2CCCN1C(=O)OCc1ccccc1.COc1c(C)ccc2c1CC[C@H]1C2CCCN1C(=O)OCc1ccccc1.COc1c(C)ccc2c1CC[C@H]1[C@H]2CCCN1C(=O)OCc1ccccc1. The van der Waals surface area contributed by atoms with Gasteiger partial charge in [-0.15, -0.1) is 0 Å². The Kier molecular flexibility index (Phi) is 18.5. The molecule has 3 fully saturated rings. The molecule has 6 aromatic rings. The molecule has 0 bridgehead atoms. The summed E-state index contributed by atoms with van der Waals surface area (Å²) in [5, 5.41) is 0. The monoisotopic (exact) mass is 1100 g/mol. The molecule has 12 heteroatoms. The maximum atomic E-state index is 12.8. The Morgan fingerprint density at radius 3 is 0.914 bits per heavy atom. The van der Waals surface area contributed by atoms with E-state index in [0.29, 0.717) is 37.6 Å². The first-order valence-electron chi connectivity index (χ1n) is 29.5. The van der Waals surface area contributed by atoms with Crippen LogP contribution in [0.4, 0.5) is 14.4 Å². The molecule has 0 aromatic heterocycles. The molecule has 0 radical (unpaired) electrons. The molecule has 3 aliphatic heterocycles. The number of carbonyl (C=O) groups is 3. The average Bonchev–Trinajstić information content (AvgIpc) is 3.71. The van der Waals surface area contributed by atoms with Crippen molar-refractivity contribution < 1.29 is 42.8 Å². The van der Waals surface area contributed by atoms with Crippen molar-refractivity contribution in [3.8, 4) is 17.2 Å². The van der Waals surface area contributed by atoms with Crippen LogP contribution in [0.25, 0.3) is 0 Å². The van der Waals surface area contributed by atoms with Gasteiger partial charge in [0, 0.05) is 55.5 Å². The number of ether oxygens (including phenoxy) is 6. The number of aryl methyl sites for hydroxylation is 3. The lowest BCUT2D eigenvalue weighted by molar-refractivity contribution is 0.0561. The number of benzene rings is 6. The normalized spacial score (nSPS) is 21.2. The number of hydrogen-bond acceptors (Lipinski definition) is 9. The number of fused-ring (bicyclic) bond motifs is 9. The second kappa shape index (κ2) is 26.4. The summed E-state index contributed by atoms with van der Waals surface area (Å²) in [7, 11) is 5.26. The third-order valence-electron chi connectivity index (χ3n) is 18.0. The van der Waals surface area contributed by atoms with Crippen molar-refractivity contribution in [1.29, 1.82) is 0 Å². The topological polar surface area (TPSA) is 116 Å². The van der Waals surface area contributed by atoms with E-state index in [0.717, 1.165) is 131 Å². The van der Waals surface area contributed by atoms with E-state index in [-0.39, 0.29) is 36.4 Å². The zero-order valence-electron chi connectivity index (χ0n) is 48.3. The molecule has 426 valence electrons. The zero-order chi connectivity index (χ0) is 56.4. The number of piperidine rings is 3. The van der Waals surface area contributed by atoms with E-state index < -0.39 is 0 Å². The molecule has 1 unspecified atom stereocenters. The van der Waals surface area contributed by atoms with Crippen LogP contribution in [0.1, 0.15) is 142 Å². The second-order valence-corrected chi connectivity index (χ2v) is 22.7. The molecule has 81 heavy (non-hydrogen) atoms. The molecular weight excluding hydrogens is 1010 g/mol. The lowest BCUT2D eigenvalue weighted by Crippen LogP contribution is -2.49. The van der Waals surface area contributed by atoms with E-state index in [9.17, 15) is 14.4 Å². The Hall–Kier alpha value is -7.47. The zero-order valence-corrected chi connectivity index (χ0v) is 48.3. The second-order valence-electron chi connectivity index (χ2n) is 22.7. The Balaban J connectivity index is 0.000000136. The van der Waals surface area contributed by atoms with Crippen LogP contribution in [0.2, 0.25) is 0 Å². The van der Waals surface area contributed by atoms with Gasteiger partial charge in [-0.3, -0.25) is 0 Å². The Bertz CT molecular complexity index is 2780. The van der Waals surface area contributed by atoms with Gasteiger partial charge in [0.05, 0.1) is 21.3 Å². The van der Waals surface area contributed by atoms with E-state index in [1.165, 1.54) is 50.1 Å². The first kappa shape index (κ1) is 56.8. The van der Waals surface area contributed by atoms with E-state index in [1.54, 1.807) is 21.3 Å². The quantitative estimate of drug-likeness (QED) is 0.130. The van der Waals surface area contributed by atoms with Gasteiger partial charge in [-0.05, 0) is 165 Å². The number of carbonyl (C=O) groups excluding carboxylic acids is 3. The van der Waals surface area contributed by atoms with E-state index in [1.807, 2.05) is 106 Å². The number of amides is 3. The molecule has 6 aliphatic rings. The standard InChI is InChI=1S/3C23H27NO3/c3*1-16-10-11-18-19-9-6-14-24(21(19)13-12-20(18)22(16)26-2)23(25)27-15-17-7-4-3-5-8-17/h3*3-5,7-8,10-11,19,21H,6,9,12-15H2,1-2H3/t19?,21-;2*19-,21-/m010/s1. The number of methoxy groups -OCH3 is 3. The minimum absolute atomic E-state index is 0.184. The largest absolute Gasteiger partial charge is 0.496 e. The maximum absolute atomic E-state index is 12.8. The predicted octanol–water partition coefficient (Wildman–Crippen LogP) is 14.5. The first-order valence-corrected chi connectivity index (χ1v) is 29.5. The minimum atomic E-state index is -0.184. The summed E-state index contributed by atoms with van der Waals surface area (Å²) in [5.41, 5.74) is 14.7. The van der Waals surface area contributed by atoms with Crippen molar-refractivity contribution in [2.75, 3.05) is 41.0 Å². The highest BCUT2D eigenvalue weighted by molar-refractivity contribution is 5.70. The minimum Gasteiger partial charge on any atom is -0.496 e. The van der Waals surface area contributed by atoms with Gasteiger partial charge in [0.2, 0.25) is 0 Å². The van der Waals surface area contributed by atoms with E-state index >= 15 is 0 Å². The van der Waals surface area contributed by atoms with Crippen molar-refractivity contribution in [3.63, 3.8) is 0 Å². The molecule has 3 aliphatic carbocycles. The third-order valence-corrected chi connectivity index (χ3v) is 18.0. The van der Waals surface area contributed by atoms with E-state index in [4.69, 9.17) is 28.4 Å². The fourth-order valence-corrected chi connectivity index (χ4v) is 14.2. The lowest BCUT2D eigenvalue weighted by atomic mass is 9.73. The van der Waals surface area contributed by atoms with Crippen molar-refractivity contribution >= 4 is 18.3 Å². The Morgan fingerprint density at radius 2 is 0.654 bits per heavy atom. The summed E-state index contributed by atoms with van der Waals surface area (Å²) in [6.07, 6.45) is 11.6. The van der Waals surface area contributed by atoms with Gasteiger partial charge >= 0.3 is 18.3 Å². The highest BCUT2D eigenvalue weighted by Crippen LogP contribution is 2.48. The number of hydrogen-bond donors (Lipinski definition) is 0. The summed E-state index contributed by atoms with van der Waals surface area (Å²) in [6.45, 7) is 9.64. The van der Waals surface area contributed by atoms with Crippen LogP contribution in [-0.4, -0.2) is 92.1 Å². The fraction of sp³-hybridized carbons (Fsp3) is 0.435. The van der Waals surface area contributed by atoms with Gasteiger partial charge in [-0.25, -0.2) is 14.4 Å². The molecule has 0 spiro atoms. The van der Waals surface area contributed by atoms with Crippen LogP contribution in [0.5, 0.6) is 17.2 Å². The summed E-state index contributed by atoms with van der Waals surface area (Å²) >= 11 is 0. The highest BCUT2D eigenvalue weighted by atomic mass is 16.6. The van der Waals surface area contributed by atoms with Crippen molar-refractivity contribution in [3.05, 3.63) is 194 Å². The molecule has 6 atom stereocenters. The molecule has 3 saturated heterocycles. The average molecular weight is 1100 g/mol. The van der Waals surface area contributed by atoms with Crippen LogP contribution >= 0.6 is 0 Å². The number of nitrogens with zero attached hydrogens (tertiary/aromatic N) is 3. The number of likely N-dealkylation sites (tertiary alicyclic amines) is 3. The Morgan fingerprint density at radius 1 is 0.383 bits per heavy atom. The van der Waals surface area contributed by atoms with Gasteiger partial charge < -0.3 is 43.1 Å². The summed E-state index contributed by atoms with van der Waals surface area (Å²) in [4.78, 5) is 44.3. The molecular formula is C69H81N3O9. The first-order chi connectivity index (χ1) is 39.6. The maximum Gasteiger partial charge on any atom is 0.410 e. The van der Waals surface area contributed by atoms with Crippen LogP contribution in [-0.2, 0) is 53.3 Å². The number of rotatable bonds is 9. The van der Waals surface area contributed by atoms with Gasteiger partial charge in [0.1, 0.15) is 37.1 Å². The molecule has 3 amide bonds. The fourth-order valence-electron chi connectivity index (χ4n) is 14.2. The molecule has 0 saturated carbocycles. The van der Waals surface area contributed by atoms with Crippen LogP contribution < -0.4 is 14.2 Å².